The van der Waals surface area contributed by atoms with E-state index in [1.807, 2.05) is 0 Å². The first-order chi connectivity index (χ1) is 6.32. The first-order valence-electron chi connectivity index (χ1n) is 5.13. The van der Waals surface area contributed by atoms with Gasteiger partial charge in [-0.1, -0.05) is 19.1 Å². The maximum atomic E-state index is 3.52. The Bertz CT molecular complexity index is 259. The molecule has 0 unspecified atom stereocenters. The molecule has 2 rings (SSSR count). The van der Waals surface area contributed by atoms with Crippen molar-refractivity contribution >= 4 is 0 Å². The van der Waals surface area contributed by atoms with Crippen LogP contribution >= 0.6 is 0 Å². The quantitative estimate of drug-likeness (QED) is 0.668. The normalized spacial score (nSPS) is 25.4. The summed E-state index contributed by atoms with van der Waals surface area (Å²) in [7, 11) is 0. The smallest absolute Gasteiger partial charge is 0.0391 e. The van der Waals surface area contributed by atoms with E-state index < -0.39 is 0 Å². The van der Waals surface area contributed by atoms with Crippen LogP contribution in [0.1, 0.15) is 20.3 Å². The van der Waals surface area contributed by atoms with Gasteiger partial charge < -0.3 is 10.6 Å². The minimum Gasteiger partial charge on any atom is -0.387 e. The molecule has 1 fully saturated rings. The van der Waals surface area contributed by atoms with E-state index in [1.165, 1.54) is 11.3 Å². The van der Waals surface area contributed by atoms with Crippen LogP contribution in [0.25, 0.3) is 0 Å². The van der Waals surface area contributed by atoms with Gasteiger partial charge in [-0.05, 0) is 18.9 Å². The Morgan fingerprint density at radius 1 is 1.38 bits per heavy atom. The highest BCUT2D eigenvalue weighted by atomic mass is 15.1. The van der Waals surface area contributed by atoms with Crippen LogP contribution in [0.5, 0.6) is 0 Å². The van der Waals surface area contributed by atoms with Gasteiger partial charge in [0.1, 0.15) is 0 Å². The molecule has 0 saturated carbocycles. The van der Waals surface area contributed by atoms with Gasteiger partial charge >= 0.3 is 0 Å². The molecular formula is C11H18N2. The van der Waals surface area contributed by atoms with Gasteiger partial charge in [-0.15, -0.1) is 0 Å². The average molecular weight is 178 g/mol. The largest absolute Gasteiger partial charge is 0.387 e. The van der Waals surface area contributed by atoms with Crippen molar-refractivity contribution in [2.24, 2.45) is 5.41 Å². The second-order valence-electron chi connectivity index (χ2n) is 3.98. The summed E-state index contributed by atoms with van der Waals surface area (Å²) in [6.45, 7) is 7.73. The van der Waals surface area contributed by atoms with Crippen LogP contribution in [0.2, 0.25) is 0 Å². The molecule has 1 spiro atoms. The number of nitrogens with one attached hydrogen (secondary N) is 2. The van der Waals surface area contributed by atoms with Crippen molar-refractivity contribution in [2.45, 2.75) is 20.3 Å². The van der Waals surface area contributed by atoms with Crippen LogP contribution in [-0.2, 0) is 0 Å². The van der Waals surface area contributed by atoms with Gasteiger partial charge in [-0.25, -0.2) is 0 Å². The molecule has 0 radical (unpaired) electrons. The maximum absolute atomic E-state index is 3.52. The number of hydrogen-bond acceptors (Lipinski definition) is 2. The number of allylic oxidation sites excluding steroid dienone is 3. The van der Waals surface area contributed by atoms with Crippen LogP contribution < -0.4 is 10.6 Å². The molecule has 0 bridgehead atoms. The average Bonchev–Trinajstić information content (AvgIpc) is 2.43. The molecule has 13 heavy (non-hydrogen) atoms. The molecule has 2 nitrogen and oxygen atoms in total. The topological polar surface area (TPSA) is 24.1 Å². The molecule has 2 heteroatoms. The fourth-order valence-electron chi connectivity index (χ4n) is 2.29. The van der Waals surface area contributed by atoms with Gasteiger partial charge in [-0.3, -0.25) is 0 Å². The third-order valence-corrected chi connectivity index (χ3v) is 3.15. The summed E-state index contributed by atoms with van der Waals surface area (Å²) < 4.78 is 0. The SMILES string of the molecule is C/C=C\C1=C(CC)NCC12CNC2. The minimum absolute atomic E-state index is 0.428. The standard InChI is InChI=1S/C11H18N2/c1-3-5-9-10(4-2)13-8-11(9)6-12-7-11/h3,5,12-13H,4,6-8H2,1-2H3/b5-3-. The van der Waals surface area contributed by atoms with E-state index >= 15 is 0 Å². The molecule has 0 amide bonds. The molecule has 0 aromatic heterocycles. The molecule has 2 N–H and O–H groups in total. The molecule has 2 aliphatic heterocycles. The van der Waals surface area contributed by atoms with Crippen molar-refractivity contribution in [2.75, 3.05) is 19.6 Å². The molecule has 1 saturated heterocycles. The highest BCUT2D eigenvalue weighted by Gasteiger charge is 2.43. The Balaban J connectivity index is 2.29. The predicted octanol–water partition coefficient (Wildman–Crippen LogP) is 1.42. The Morgan fingerprint density at radius 3 is 2.62 bits per heavy atom. The lowest BCUT2D eigenvalue weighted by atomic mass is 9.76. The van der Waals surface area contributed by atoms with E-state index in [1.54, 1.807) is 0 Å². The second kappa shape index (κ2) is 3.18. The number of rotatable bonds is 2. The van der Waals surface area contributed by atoms with Crippen LogP contribution in [0, 0.1) is 5.41 Å². The zero-order chi connectivity index (χ0) is 9.31. The zero-order valence-corrected chi connectivity index (χ0v) is 8.48. The summed E-state index contributed by atoms with van der Waals surface area (Å²) in [5.74, 6) is 0. The summed E-state index contributed by atoms with van der Waals surface area (Å²) in [4.78, 5) is 0. The molecule has 0 aliphatic carbocycles. The molecule has 0 atom stereocenters. The summed E-state index contributed by atoms with van der Waals surface area (Å²) in [5.41, 5.74) is 3.41. The van der Waals surface area contributed by atoms with Gasteiger partial charge in [-0.2, -0.15) is 0 Å². The van der Waals surface area contributed by atoms with Crippen molar-refractivity contribution in [3.63, 3.8) is 0 Å². The highest BCUT2D eigenvalue weighted by molar-refractivity contribution is 5.39. The van der Waals surface area contributed by atoms with Crippen molar-refractivity contribution < 1.29 is 0 Å². The van der Waals surface area contributed by atoms with Gasteiger partial charge in [0.15, 0.2) is 0 Å². The molecule has 0 aromatic carbocycles. The van der Waals surface area contributed by atoms with Crippen molar-refractivity contribution in [1.29, 1.82) is 0 Å². The summed E-state index contributed by atoms with van der Waals surface area (Å²) in [5, 5.41) is 6.89. The lowest BCUT2D eigenvalue weighted by Crippen LogP contribution is -2.56. The maximum Gasteiger partial charge on any atom is 0.0391 e. The lowest BCUT2D eigenvalue weighted by molar-refractivity contribution is 0.241. The van der Waals surface area contributed by atoms with E-state index in [4.69, 9.17) is 0 Å². The molecule has 2 aliphatic rings. The van der Waals surface area contributed by atoms with E-state index in [0.29, 0.717) is 5.41 Å². The van der Waals surface area contributed by atoms with Crippen LogP contribution in [-0.4, -0.2) is 19.6 Å². The summed E-state index contributed by atoms with van der Waals surface area (Å²) >= 11 is 0. The monoisotopic (exact) mass is 178 g/mol. The Kier molecular flexibility index (Phi) is 2.16. The molecule has 72 valence electrons. The fraction of sp³-hybridized carbons (Fsp3) is 0.636. The molecule has 2 heterocycles. The van der Waals surface area contributed by atoms with E-state index in [-0.39, 0.29) is 0 Å². The molecule has 0 aromatic rings. The van der Waals surface area contributed by atoms with Crippen molar-refractivity contribution in [3.8, 4) is 0 Å². The van der Waals surface area contributed by atoms with E-state index in [2.05, 4.69) is 36.6 Å². The summed E-state index contributed by atoms with van der Waals surface area (Å²) in [6.07, 6.45) is 5.55. The Morgan fingerprint density at radius 2 is 2.15 bits per heavy atom. The first-order valence-corrected chi connectivity index (χ1v) is 5.13. The minimum atomic E-state index is 0.428. The predicted molar refractivity (Wildman–Crippen MR) is 55.4 cm³/mol. The second-order valence-corrected chi connectivity index (χ2v) is 3.98. The van der Waals surface area contributed by atoms with Gasteiger partial charge in [0.25, 0.3) is 0 Å². The Hall–Kier alpha value is -0.760. The van der Waals surface area contributed by atoms with Gasteiger partial charge in [0.2, 0.25) is 0 Å². The van der Waals surface area contributed by atoms with Crippen LogP contribution in [0.3, 0.4) is 0 Å². The zero-order valence-electron chi connectivity index (χ0n) is 8.48. The lowest BCUT2D eigenvalue weighted by Gasteiger charge is -2.40. The third kappa shape index (κ3) is 1.20. The Labute approximate surface area is 80.1 Å². The van der Waals surface area contributed by atoms with Gasteiger partial charge in [0, 0.05) is 30.7 Å². The van der Waals surface area contributed by atoms with Crippen LogP contribution in [0.4, 0.5) is 0 Å². The third-order valence-electron chi connectivity index (χ3n) is 3.15. The first kappa shape index (κ1) is 8.82. The van der Waals surface area contributed by atoms with Crippen LogP contribution in [0.15, 0.2) is 23.4 Å². The summed E-state index contributed by atoms with van der Waals surface area (Å²) in [6, 6.07) is 0. The van der Waals surface area contributed by atoms with Crippen molar-refractivity contribution in [1.82, 2.24) is 10.6 Å². The van der Waals surface area contributed by atoms with Crippen molar-refractivity contribution in [3.05, 3.63) is 23.4 Å². The van der Waals surface area contributed by atoms with E-state index in [0.717, 1.165) is 26.1 Å². The molecular weight excluding hydrogens is 160 g/mol. The fourth-order valence-corrected chi connectivity index (χ4v) is 2.29. The number of hydrogen-bond donors (Lipinski definition) is 2. The van der Waals surface area contributed by atoms with E-state index in [9.17, 15) is 0 Å². The van der Waals surface area contributed by atoms with Gasteiger partial charge in [0.05, 0.1) is 0 Å². The highest BCUT2D eigenvalue weighted by Crippen LogP contribution is 2.38.